The van der Waals surface area contributed by atoms with E-state index in [1.165, 1.54) is 11.8 Å². The van der Waals surface area contributed by atoms with E-state index in [1.807, 2.05) is 6.92 Å². The predicted octanol–water partition coefficient (Wildman–Crippen LogP) is 1.36. The number of hydrogen-bond acceptors (Lipinski definition) is 5. The van der Waals surface area contributed by atoms with Gasteiger partial charge in [0.2, 0.25) is 0 Å². The van der Waals surface area contributed by atoms with E-state index in [1.54, 1.807) is 4.57 Å². The molecule has 20 heavy (non-hydrogen) atoms. The molecule has 0 bridgehead atoms. The van der Waals surface area contributed by atoms with E-state index in [0.29, 0.717) is 23.4 Å². The highest BCUT2D eigenvalue weighted by atomic mass is 32.2. The molecule has 1 saturated carbocycles. The van der Waals surface area contributed by atoms with E-state index >= 15 is 0 Å². The van der Waals surface area contributed by atoms with Crippen molar-refractivity contribution in [1.29, 1.82) is 5.26 Å². The summed E-state index contributed by atoms with van der Waals surface area (Å²) < 4.78 is 1.60. The largest absolute Gasteiger partial charge is 0.343 e. The standard InChI is InChI=1S/C13H21N5OS/c1-3-7-15-13(8-14,10-5-6-10)9-20-12-17-16-11(19)18(12)4-2/h10,15H,3-7,9H2,1-2H3,(H,16,19). The summed E-state index contributed by atoms with van der Waals surface area (Å²) in [6.45, 7) is 5.43. The Morgan fingerprint density at radius 3 is 2.90 bits per heavy atom. The molecule has 110 valence electrons. The summed E-state index contributed by atoms with van der Waals surface area (Å²) in [6.07, 6.45) is 3.21. The number of aromatic nitrogens is 3. The van der Waals surface area contributed by atoms with Gasteiger partial charge in [-0.3, -0.25) is 9.88 Å². The Balaban J connectivity index is 2.08. The maximum Gasteiger partial charge on any atom is 0.343 e. The van der Waals surface area contributed by atoms with Gasteiger partial charge in [-0.1, -0.05) is 18.7 Å². The first-order valence-electron chi connectivity index (χ1n) is 7.11. The number of nitrogens with one attached hydrogen (secondary N) is 2. The summed E-state index contributed by atoms with van der Waals surface area (Å²) in [5, 5.41) is 20.2. The Labute approximate surface area is 122 Å². The summed E-state index contributed by atoms with van der Waals surface area (Å²) in [7, 11) is 0. The molecule has 6 nitrogen and oxygen atoms in total. The monoisotopic (exact) mass is 295 g/mol. The van der Waals surface area contributed by atoms with Gasteiger partial charge in [0.05, 0.1) is 6.07 Å². The van der Waals surface area contributed by atoms with Crippen molar-refractivity contribution in [3.63, 3.8) is 0 Å². The van der Waals surface area contributed by atoms with Crippen LogP contribution < -0.4 is 11.0 Å². The second-order valence-electron chi connectivity index (χ2n) is 5.13. The molecule has 0 saturated heterocycles. The third-order valence-electron chi connectivity index (χ3n) is 3.63. The van der Waals surface area contributed by atoms with Crippen LogP contribution in [0.3, 0.4) is 0 Å². The SMILES string of the molecule is CCCNC(C#N)(CSc1n[nH]c(=O)n1CC)C1CC1. The first-order valence-corrected chi connectivity index (χ1v) is 8.09. The minimum absolute atomic E-state index is 0.189. The van der Waals surface area contributed by atoms with Gasteiger partial charge in [0.1, 0.15) is 5.54 Å². The van der Waals surface area contributed by atoms with Crippen molar-refractivity contribution >= 4 is 11.8 Å². The lowest BCUT2D eigenvalue weighted by molar-refractivity contribution is 0.405. The summed E-state index contributed by atoms with van der Waals surface area (Å²) in [6, 6.07) is 2.47. The Kier molecular flexibility index (Phi) is 4.89. The van der Waals surface area contributed by atoms with E-state index in [-0.39, 0.29) is 5.69 Å². The zero-order valence-electron chi connectivity index (χ0n) is 12.0. The normalized spacial score (nSPS) is 17.6. The highest BCUT2D eigenvalue weighted by Crippen LogP contribution is 2.41. The second kappa shape index (κ2) is 6.46. The van der Waals surface area contributed by atoms with E-state index in [0.717, 1.165) is 25.8 Å². The van der Waals surface area contributed by atoms with E-state index in [4.69, 9.17) is 0 Å². The fourth-order valence-electron chi connectivity index (χ4n) is 2.27. The highest BCUT2D eigenvalue weighted by molar-refractivity contribution is 7.99. The molecule has 2 rings (SSSR count). The van der Waals surface area contributed by atoms with E-state index in [9.17, 15) is 10.1 Å². The number of nitriles is 1. The van der Waals surface area contributed by atoms with Crippen LogP contribution in [0.5, 0.6) is 0 Å². The van der Waals surface area contributed by atoms with Gasteiger partial charge >= 0.3 is 5.69 Å². The van der Waals surface area contributed by atoms with Gasteiger partial charge in [0.15, 0.2) is 5.16 Å². The van der Waals surface area contributed by atoms with E-state index < -0.39 is 5.54 Å². The molecule has 1 aromatic rings. The molecule has 1 atom stereocenters. The molecule has 1 aromatic heterocycles. The molecule has 1 unspecified atom stereocenters. The van der Waals surface area contributed by atoms with Crippen molar-refractivity contribution in [3.05, 3.63) is 10.5 Å². The van der Waals surface area contributed by atoms with E-state index in [2.05, 4.69) is 28.5 Å². The van der Waals surface area contributed by atoms with Crippen LogP contribution in [-0.2, 0) is 6.54 Å². The second-order valence-corrected chi connectivity index (χ2v) is 6.07. The molecule has 1 fully saturated rings. The molecule has 0 spiro atoms. The van der Waals surface area contributed by atoms with Crippen molar-refractivity contribution in [3.8, 4) is 6.07 Å². The number of aromatic amines is 1. The van der Waals surface area contributed by atoms with Crippen LogP contribution in [0.1, 0.15) is 33.1 Å². The lowest BCUT2D eigenvalue weighted by Crippen LogP contribution is -2.48. The third kappa shape index (κ3) is 3.07. The van der Waals surface area contributed by atoms with Gasteiger partial charge < -0.3 is 0 Å². The van der Waals surface area contributed by atoms with Crippen LogP contribution in [0.25, 0.3) is 0 Å². The molecule has 1 heterocycles. The minimum Gasteiger partial charge on any atom is -0.298 e. The van der Waals surface area contributed by atoms with Gasteiger partial charge in [0, 0.05) is 12.3 Å². The molecule has 0 radical (unpaired) electrons. The maximum atomic E-state index is 11.5. The Morgan fingerprint density at radius 2 is 2.35 bits per heavy atom. The Morgan fingerprint density at radius 1 is 1.60 bits per heavy atom. The number of H-pyrrole nitrogens is 1. The fraction of sp³-hybridized carbons (Fsp3) is 0.769. The van der Waals surface area contributed by atoms with Crippen LogP contribution in [0.15, 0.2) is 9.95 Å². The van der Waals surface area contributed by atoms with Crippen molar-refractivity contribution in [2.75, 3.05) is 12.3 Å². The molecule has 0 aromatic carbocycles. The van der Waals surface area contributed by atoms with Crippen LogP contribution in [0.2, 0.25) is 0 Å². The first kappa shape index (κ1) is 15.1. The van der Waals surface area contributed by atoms with Crippen molar-refractivity contribution in [2.45, 2.75) is 50.4 Å². The summed E-state index contributed by atoms with van der Waals surface area (Å²) in [5.41, 5.74) is -0.681. The lowest BCUT2D eigenvalue weighted by Gasteiger charge is -2.27. The smallest absolute Gasteiger partial charge is 0.298 e. The van der Waals surface area contributed by atoms with Crippen molar-refractivity contribution < 1.29 is 0 Å². The summed E-state index contributed by atoms with van der Waals surface area (Å²) >= 11 is 1.48. The molecule has 7 heteroatoms. The topological polar surface area (TPSA) is 86.5 Å². The molecule has 1 aliphatic carbocycles. The van der Waals surface area contributed by atoms with Gasteiger partial charge in [-0.25, -0.2) is 9.89 Å². The molecular weight excluding hydrogens is 274 g/mol. The predicted molar refractivity (Wildman–Crippen MR) is 78.6 cm³/mol. The molecule has 0 aliphatic heterocycles. The van der Waals surface area contributed by atoms with Gasteiger partial charge in [-0.15, -0.1) is 5.10 Å². The third-order valence-corrected chi connectivity index (χ3v) is 4.80. The van der Waals surface area contributed by atoms with Gasteiger partial charge in [-0.2, -0.15) is 5.26 Å². The summed E-state index contributed by atoms with van der Waals surface area (Å²) in [5.74, 6) is 1.05. The number of hydrogen-bond donors (Lipinski definition) is 2. The van der Waals surface area contributed by atoms with Crippen LogP contribution in [-0.4, -0.2) is 32.6 Å². The molecule has 1 aliphatic rings. The molecular formula is C13H21N5OS. The summed E-state index contributed by atoms with van der Waals surface area (Å²) in [4.78, 5) is 11.5. The fourth-order valence-corrected chi connectivity index (χ4v) is 3.51. The molecule has 0 amide bonds. The van der Waals surface area contributed by atoms with Gasteiger partial charge in [0.25, 0.3) is 0 Å². The number of rotatable bonds is 8. The number of thioether (sulfide) groups is 1. The Bertz CT molecular complexity index is 542. The average molecular weight is 295 g/mol. The van der Waals surface area contributed by atoms with Crippen molar-refractivity contribution in [2.24, 2.45) is 5.92 Å². The first-order chi connectivity index (χ1) is 9.66. The minimum atomic E-state index is -0.492. The lowest BCUT2D eigenvalue weighted by atomic mass is 9.97. The van der Waals surface area contributed by atoms with Gasteiger partial charge in [-0.05, 0) is 38.6 Å². The highest BCUT2D eigenvalue weighted by Gasteiger charge is 2.45. The average Bonchev–Trinajstić information content (AvgIpc) is 3.25. The maximum absolute atomic E-state index is 11.5. The number of nitrogens with zero attached hydrogens (tertiary/aromatic N) is 3. The molecule has 2 N–H and O–H groups in total. The zero-order valence-corrected chi connectivity index (χ0v) is 12.8. The Hall–Kier alpha value is -1.26. The van der Waals surface area contributed by atoms with Crippen molar-refractivity contribution in [1.82, 2.24) is 20.1 Å². The zero-order chi connectivity index (χ0) is 14.6. The van der Waals surface area contributed by atoms with Crippen LogP contribution in [0.4, 0.5) is 0 Å². The quantitative estimate of drug-likeness (QED) is 0.707. The van der Waals surface area contributed by atoms with Crippen LogP contribution >= 0.6 is 11.8 Å². The van der Waals surface area contributed by atoms with Crippen LogP contribution in [0, 0.1) is 17.2 Å².